The van der Waals surface area contributed by atoms with E-state index >= 15 is 0 Å². The van der Waals surface area contributed by atoms with E-state index in [1.54, 1.807) is 12.1 Å². The van der Waals surface area contributed by atoms with Gasteiger partial charge < -0.3 is 10.2 Å². The highest BCUT2D eigenvalue weighted by atomic mass is 19.1. The van der Waals surface area contributed by atoms with Crippen molar-refractivity contribution in [1.82, 2.24) is 10.2 Å². The van der Waals surface area contributed by atoms with Crippen molar-refractivity contribution in [2.75, 3.05) is 44.2 Å². The van der Waals surface area contributed by atoms with Crippen molar-refractivity contribution in [3.63, 3.8) is 0 Å². The highest BCUT2D eigenvalue weighted by Crippen LogP contribution is 2.20. The van der Waals surface area contributed by atoms with Crippen LogP contribution in [0.2, 0.25) is 0 Å². The van der Waals surface area contributed by atoms with E-state index in [0.717, 1.165) is 45.0 Å². The van der Waals surface area contributed by atoms with Gasteiger partial charge in [0, 0.05) is 51.0 Å². The van der Waals surface area contributed by atoms with Crippen LogP contribution in [0, 0.1) is 5.82 Å². The highest BCUT2D eigenvalue weighted by Gasteiger charge is 2.28. The fourth-order valence-electron chi connectivity index (χ4n) is 2.78. The lowest BCUT2D eigenvalue weighted by Crippen LogP contribution is -2.61. The number of nitrogens with one attached hydrogen (secondary N) is 1. The largest absolute Gasteiger partial charge is 0.369 e. The lowest BCUT2D eigenvalue weighted by Gasteiger charge is -2.45. The number of anilines is 1. The molecule has 4 heteroatoms. The van der Waals surface area contributed by atoms with Crippen LogP contribution >= 0.6 is 0 Å². The fourth-order valence-corrected chi connectivity index (χ4v) is 2.78. The molecule has 1 atom stereocenters. The molecule has 2 saturated heterocycles. The summed E-state index contributed by atoms with van der Waals surface area (Å²) in [6.07, 6.45) is 0. The zero-order valence-electron chi connectivity index (χ0n) is 9.90. The molecule has 1 unspecified atom stereocenters. The van der Waals surface area contributed by atoms with E-state index in [1.165, 1.54) is 6.07 Å². The topological polar surface area (TPSA) is 18.5 Å². The predicted molar refractivity (Wildman–Crippen MR) is 66.8 cm³/mol. The minimum Gasteiger partial charge on any atom is -0.369 e. The maximum atomic E-state index is 13.2. The standard InChI is InChI=1S/C13H18FN3/c14-11-2-1-3-12(8-11)17-7-6-16-5-4-15-9-13(16)10-17/h1-3,8,13,15H,4-7,9-10H2. The molecule has 0 bridgehead atoms. The van der Waals surface area contributed by atoms with Gasteiger partial charge in [-0.3, -0.25) is 4.90 Å². The van der Waals surface area contributed by atoms with Crippen LogP contribution in [0.25, 0.3) is 0 Å². The summed E-state index contributed by atoms with van der Waals surface area (Å²) in [5, 5.41) is 3.42. The zero-order valence-corrected chi connectivity index (χ0v) is 9.90. The molecule has 0 radical (unpaired) electrons. The van der Waals surface area contributed by atoms with Crippen molar-refractivity contribution in [2.45, 2.75) is 6.04 Å². The normalized spacial score (nSPS) is 25.7. The minimum absolute atomic E-state index is 0.147. The van der Waals surface area contributed by atoms with Crippen LogP contribution < -0.4 is 10.2 Å². The smallest absolute Gasteiger partial charge is 0.125 e. The van der Waals surface area contributed by atoms with Gasteiger partial charge in [-0.1, -0.05) is 6.07 Å². The summed E-state index contributed by atoms with van der Waals surface area (Å²) in [5.41, 5.74) is 1.01. The van der Waals surface area contributed by atoms with Crippen molar-refractivity contribution < 1.29 is 4.39 Å². The maximum absolute atomic E-state index is 13.2. The van der Waals surface area contributed by atoms with Crippen molar-refractivity contribution in [3.05, 3.63) is 30.1 Å². The number of piperazine rings is 2. The first-order valence-electron chi connectivity index (χ1n) is 6.28. The first-order valence-corrected chi connectivity index (χ1v) is 6.28. The molecule has 92 valence electrons. The van der Waals surface area contributed by atoms with Gasteiger partial charge in [0.25, 0.3) is 0 Å². The van der Waals surface area contributed by atoms with Crippen LogP contribution in [0.3, 0.4) is 0 Å². The van der Waals surface area contributed by atoms with Crippen LogP contribution in [-0.2, 0) is 0 Å². The maximum Gasteiger partial charge on any atom is 0.125 e. The molecule has 1 aromatic carbocycles. The third-order valence-corrected chi connectivity index (χ3v) is 3.73. The van der Waals surface area contributed by atoms with Gasteiger partial charge in [-0.05, 0) is 18.2 Å². The summed E-state index contributed by atoms with van der Waals surface area (Å²) in [5.74, 6) is -0.147. The molecule has 0 aromatic heterocycles. The molecule has 3 rings (SSSR count). The summed E-state index contributed by atoms with van der Waals surface area (Å²) in [6.45, 7) is 6.36. The number of benzene rings is 1. The van der Waals surface area contributed by atoms with Gasteiger partial charge in [0.1, 0.15) is 5.82 Å². The van der Waals surface area contributed by atoms with Crippen LogP contribution in [0.5, 0.6) is 0 Å². The molecule has 17 heavy (non-hydrogen) atoms. The van der Waals surface area contributed by atoms with E-state index in [0.29, 0.717) is 6.04 Å². The number of fused-ring (bicyclic) bond motifs is 1. The Morgan fingerprint density at radius 2 is 2.18 bits per heavy atom. The van der Waals surface area contributed by atoms with Crippen molar-refractivity contribution in [1.29, 1.82) is 0 Å². The number of nitrogens with zero attached hydrogens (tertiary/aromatic N) is 2. The first kappa shape index (κ1) is 11.0. The van der Waals surface area contributed by atoms with Gasteiger partial charge in [-0.15, -0.1) is 0 Å². The molecule has 2 aliphatic heterocycles. The Hall–Kier alpha value is -1.13. The Balaban J connectivity index is 1.73. The monoisotopic (exact) mass is 235 g/mol. The molecule has 1 N–H and O–H groups in total. The van der Waals surface area contributed by atoms with Crippen molar-refractivity contribution in [2.24, 2.45) is 0 Å². The first-order chi connectivity index (χ1) is 8.33. The SMILES string of the molecule is Fc1cccc(N2CCN3CCNCC3C2)c1. The minimum atomic E-state index is -0.147. The molecule has 0 aliphatic carbocycles. The molecule has 1 aromatic rings. The second-order valence-corrected chi connectivity index (χ2v) is 4.82. The number of hydrogen-bond acceptors (Lipinski definition) is 3. The van der Waals surface area contributed by atoms with Gasteiger partial charge >= 0.3 is 0 Å². The van der Waals surface area contributed by atoms with E-state index in [4.69, 9.17) is 0 Å². The van der Waals surface area contributed by atoms with Gasteiger partial charge in [0.2, 0.25) is 0 Å². The summed E-state index contributed by atoms with van der Waals surface area (Å²) in [7, 11) is 0. The Kier molecular flexibility index (Phi) is 2.99. The van der Waals surface area contributed by atoms with Gasteiger partial charge in [-0.2, -0.15) is 0 Å². The Morgan fingerprint density at radius 1 is 1.24 bits per heavy atom. The van der Waals surface area contributed by atoms with Crippen molar-refractivity contribution >= 4 is 5.69 Å². The molecule has 0 spiro atoms. The van der Waals surface area contributed by atoms with E-state index in [2.05, 4.69) is 15.1 Å². The molecule has 0 amide bonds. The number of hydrogen-bond donors (Lipinski definition) is 1. The van der Waals surface area contributed by atoms with Crippen LogP contribution in [0.4, 0.5) is 10.1 Å². The third-order valence-electron chi connectivity index (χ3n) is 3.73. The van der Waals surface area contributed by atoms with E-state index < -0.39 is 0 Å². The molecular weight excluding hydrogens is 217 g/mol. The van der Waals surface area contributed by atoms with Gasteiger partial charge in [0.15, 0.2) is 0 Å². The van der Waals surface area contributed by atoms with Gasteiger partial charge in [-0.25, -0.2) is 4.39 Å². The molecule has 0 saturated carbocycles. The van der Waals surface area contributed by atoms with Crippen LogP contribution in [0.1, 0.15) is 0 Å². The van der Waals surface area contributed by atoms with Crippen LogP contribution in [0.15, 0.2) is 24.3 Å². The average molecular weight is 235 g/mol. The van der Waals surface area contributed by atoms with Gasteiger partial charge in [0.05, 0.1) is 0 Å². The predicted octanol–water partition coefficient (Wildman–Crippen LogP) is 0.919. The van der Waals surface area contributed by atoms with E-state index in [9.17, 15) is 4.39 Å². The zero-order chi connectivity index (χ0) is 11.7. The lowest BCUT2D eigenvalue weighted by molar-refractivity contribution is 0.146. The third kappa shape index (κ3) is 2.28. The molecule has 2 heterocycles. The summed E-state index contributed by atoms with van der Waals surface area (Å²) in [6, 6.07) is 7.49. The number of halogens is 1. The second kappa shape index (κ2) is 4.63. The number of rotatable bonds is 1. The highest BCUT2D eigenvalue weighted by molar-refractivity contribution is 5.47. The molecule has 2 fully saturated rings. The van der Waals surface area contributed by atoms with E-state index in [1.807, 2.05) is 6.07 Å². The lowest BCUT2D eigenvalue weighted by atomic mass is 10.1. The average Bonchev–Trinajstić information content (AvgIpc) is 2.38. The fraction of sp³-hybridized carbons (Fsp3) is 0.538. The molecular formula is C13H18FN3. The molecule has 3 nitrogen and oxygen atoms in total. The Morgan fingerprint density at radius 3 is 3.06 bits per heavy atom. The van der Waals surface area contributed by atoms with Crippen molar-refractivity contribution in [3.8, 4) is 0 Å². The quantitative estimate of drug-likeness (QED) is 0.781. The molecule has 2 aliphatic rings. The Labute approximate surface area is 101 Å². The summed E-state index contributed by atoms with van der Waals surface area (Å²) >= 11 is 0. The Bertz CT molecular complexity index is 396. The second-order valence-electron chi connectivity index (χ2n) is 4.82. The summed E-state index contributed by atoms with van der Waals surface area (Å²) in [4.78, 5) is 4.82. The van der Waals surface area contributed by atoms with E-state index in [-0.39, 0.29) is 5.82 Å². The summed E-state index contributed by atoms with van der Waals surface area (Å²) < 4.78 is 13.2. The van der Waals surface area contributed by atoms with Crippen LogP contribution in [-0.4, -0.2) is 50.2 Å².